The number of ketones is 1. The summed E-state index contributed by atoms with van der Waals surface area (Å²) >= 11 is 0. The van der Waals surface area contributed by atoms with E-state index in [-0.39, 0.29) is 11.7 Å². The number of hydrogen-bond acceptors (Lipinski definition) is 2. The predicted molar refractivity (Wildman–Crippen MR) is 38.6 cm³/mol. The molecule has 0 fully saturated rings. The van der Waals surface area contributed by atoms with Crippen LogP contribution < -0.4 is 5.32 Å². The van der Waals surface area contributed by atoms with E-state index in [2.05, 4.69) is 5.32 Å². The van der Waals surface area contributed by atoms with Crippen molar-refractivity contribution in [1.29, 1.82) is 0 Å². The molecule has 0 saturated carbocycles. The van der Waals surface area contributed by atoms with Crippen molar-refractivity contribution >= 4 is 11.7 Å². The minimum Gasteiger partial charge on any atom is -0.356 e. The number of carbonyl (C=O) groups excluding carboxylic acids is 2. The summed E-state index contributed by atoms with van der Waals surface area (Å²) < 4.78 is 0. The molecule has 0 heterocycles. The van der Waals surface area contributed by atoms with Crippen LogP contribution in [-0.4, -0.2) is 18.2 Å². The lowest BCUT2D eigenvalue weighted by atomic mass is 10.2. The van der Waals surface area contributed by atoms with E-state index in [1.54, 1.807) is 0 Å². The summed E-state index contributed by atoms with van der Waals surface area (Å²) in [5, 5.41) is 2.55. The predicted octanol–water partition coefficient (Wildman–Crippen LogP) is 0.492. The number of rotatable bonds is 4. The van der Waals surface area contributed by atoms with E-state index >= 15 is 0 Å². The molecule has 3 nitrogen and oxygen atoms in total. The van der Waals surface area contributed by atoms with Gasteiger partial charge in [0.2, 0.25) is 5.91 Å². The summed E-state index contributed by atoms with van der Waals surface area (Å²) in [6.07, 6.45) is 1.01. The second-order valence-electron chi connectivity index (χ2n) is 2.13. The van der Waals surface area contributed by atoms with Crippen molar-refractivity contribution in [2.24, 2.45) is 0 Å². The Morgan fingerprint density at radius 2 is 2.00 bits per heavy atom. The minimum absolute atomic E-state index is 0.0797. The van der Waals surface area contributed by atoms with Crippen molar-refractivity contribution in [2.45, 2.75) is 26.7 Å². The van der Waals surface area contributed by atoms with Gasteiger partial charge in [-0.15, -0.1) is 0 Å². The lowest BCUT2D eigenvalue weighted by Crippen LogP contribution is -2.22. The molecule has 0 aromatic carbocycles. The number of Topliss-reactive ketones (excluding diaryl/α,β-unsaturated/α-hetero) is 1. The third-order valence-electron chi connectivity index (χ3n) is 1.17. The SMILES string of the molecule is CCC(=O)CCNC(C)=O. The van der Waals surface area contributed by atoms with Gasteiger partial charge in [-0.2, -0.15) is 0 Å². The zero-order chi connectivity index (χ0) is 7.98. The van der Waals surface area contributed by atoms with Gasteiger partial charge in [0.05, 0.1) is 0 Å². The molecular formula is C7H13NO2. The Morgan fingerprint density at radius 3 is 2.40 bits per heavy atom. The van der Waals surface area contributed by atoms with E-state index in [1.807, 2.05) is 6.92 Å². The first-order valence-corrected chi connectivity index (χ1v) is 3.43. The summed E-state index contributed by atoms with van der Waals surface area (Å²) in [4.78, 5) is 20.9. The Hall–Kier alpha value is -0.860. The fourth-order valence-corrected chi connectivity index (χ4v) is 0.555. The third-order valence-corrected chi connectivity index (χ3v) is 1.17. The van der Waals surface area contributed by atoms with Gasteiger partial charge in [-0.05, 0) is 0 Å². The molecule has 10 heavy (non-hydrogen) atoms. The molecule has 58 valence electrons. The lowest BCUT2D eigenvalue weighted by molar-refractivity contribution is -0.120. The van der Waals surface area contributed by atoms with Crippen LogP contribution >= 0.6 is 0 Å². The summed E-state index contributed by atoms with van der Waals surface area (Å²) in [7, 11) is 0. The van der Waals surface area contributed by atoms with E-state index in [1.165, 1.54) is 6.92 Å². The maximum absolute atomic E-state index is 10.6. The highest BCUT2D eigenvalue weighted by Gasteiger charge is 1.96. The van der Waals surface area contributed by atoms with E-state index < -0.39 is 0 Å². The molecular weight excluding hydrogens is 130 g/mol. The first kappa shape index (κ1) is 9.14. The van der Waals surface area contributed by atoms with Crippen molar-refractivity contribution in [3.05, 3.63) is 0 Å². The van der Waals surface area contributed by atoms with Crippen molar-refractivity contribution in [3.8, 4) is 0 Å². The molecule has 0 saturated heterocycles. The third kappa shape index (κ3) is 5.28. The molecule has 1 amide bonds. The molecule has 0 spiro atoms. The first-order chi connectivity index (χ1) is 4.66. The normalized spacial score (nSPS) is 9.00. The van der Waals surface area contributed by atoms with Gasteiger partial charge in [0.25, 0.3) is 0 Å². The van der Waals surface area contributed by atoms with Crippen molar-refractivity contribution < 1.29 is 9.59 Å². The maximum Gasteiger partial charge on any atom is 0.216 e. The Balaban J connectivity index is 3.20. The number of carbonyl (C=O) groups is 2. The average molecular weight is 143 g/mol. The molecule has 0 aromatic heterocycles. The standard InChI is InChI=1S/C7H13NO2/c1-3-7(10)4-5-8-6(2)9/h3-5H2,1-2H3,(H,8,9). The van der Waals surface area contributed by atoms with Crippen LogP contribution in [0.1, 0.15) is 26.7 Å². The van der Waals surface area contributed by atoms with Gasteiger partial charge < -0.3 is 5.32 Å². The van der Waals surface area contributed by atoms with Crippen LogP contribution in [0.3, 0.4) is 0 Å². The van der Waals surface area contributed by atoms with Gasteiger partial charge in [0.1, 0.15) is 5.78 Å². The Labute approximate surface area is 60.8 Å². The van der Waals surface area contributed by atoms with Crippen LogP contribution in [0.4, 0.5) is 0 Å². The van der Waals surface area contributed by atoms with E-state index in [9.17, 15) is 9.59 Å². The molecule has 0 unspecified atom stereocenters. The molecule has 0 atom stereocenters. The van der Waals surface area contributed by atoms with Gasteiger partial charge >= 0.3 is 0 Å². The average Bonchev–Trinajstić information content (AvgIpc) is 1.87. The molecule has 0 aliphatic rings. The second-order valence-corrected chi connectivity index (χ2v) is 2.13. The van der Waals surface area contributed by atoms with Crippen LogP contribution in [0, 0.1) is 0 Å². The van der Waals surface area contributed by atoms with Gasteiger partial charge in [0, 0.05) is 26.3 Å². The minimum atomic E-state index is -0.0797. The van der Waals surface area contributed by atoms with E-state index in [0.29, 0.717) is 19.4 Å². The van der Waals surface area contributed by atoms with Crippen molar-refractivity contribution in [3.63, 3.8) is 0 Å². The van der Waals surface area contributed by atoms with Crippen molar-refractivity contribution in [2.75, 3.05) is 6.54 Å². The fourth-order valence-electron chi connectivity index (χ4n) is 0.555. The summed E-state index contributed by atoms with van der Waals surface area (Å²) in [6.45, 7) is 3.73. The topological polar surface area (TPSA) is 46.2 Å². The molecule has 0 aromatic rings. The van der Waals surface area contributed by atoms with Crippen LogP contribution in [0.5, 0.6) is 0 Å². The molecule has 0 rings (SSSR count). The summed E-state index contributed by atoms with van der Waals surface area (Å²) in [5.74, 6) is 0.109. The van der Waals surface area contributed by atoms with Crippen LogP contribution in [-0.2, 0) is 9.59 Å². The van der Waals surface area contributed by atoms with Gasteiger partial charge in [-0.1, -0.05) is 6.92 Å². The highest BCUT2D eigenvalue weighted by molar-refractivity contribution is 5.79. The van der Waals surface area contributed by atoms with Crippen molar-refractivity contribution in [1.82, 2.24) is 5.32 Å². The van der Waals surface area contributed by atoms with E-state index in [0.717, 1.165) is 0 Å². The number of amides is 1. The molecule has 0 aliphatic heterocycles. The molecule has 0 aliphatic carbocycles. The summed E-state index contributed by atoms with van der Waals surface area (Å²) in [6, 6.07) is 0. The van der Waals surface area contributed by atoms with Crippen LogP contribution in [0.25, 0.3) is 0 Å². The molecule has 0 radical (unpaired) electrons. The largest absolute Gasteiger partial charge is 0.356 e. The first-order valence-electron chi connectivity index (χ1n) is 3.43. The van der Waals surface area contributed by atoms with Crippen LogP contribution in [0.15, 0.2) is 0 Å². The molecule has 1 N–H and O–H groups in total. The highest BCUT2D eigenvalue weighted by Crippen LogP contribution is 1.85. The van der Waals surface area contributed by atoms with Gasteiger partial charge in [-0.25, -0.2) is 0 Å². The Kier molecular flexibility index (Phi) is 4.54. The van der Waals surface area contributed by atoms with Gasteiger partial charge in [0.15, 0.2) is 0 Å². The lowest BCUT2D eigenvalue weighted by Gasteiger charge is -1.98. The van der Waals surface area contributed by atoms with E-state index in [4.69, 9.17) is 0 Å². The quantitative estimate of drug-likeness (QED) is 0.622. The van der Waals surface area contributed by atoms with Crippen LogP contribution in [0.2, 0.25) is 0 Å². The number of hydrogen-bond donors (Lipinski definition) is 1. The second kappa shape index (κ2) is 4.97. The molecule has 0 bridgehead atoms. The Morgan fingerprint density at radius 1 is 1.40 bits per heavy atom. The highest BCUT2D eigenvalue weighted by atomic mass is 16.1. The molecule has 3 heteroatoms. The zero-order valence-electron chi connectivity index (χ0n) is 6.44. The monoisotopic (exact) mass is 143 g/mol. The smallest absolute Gasteiger partial charge is 0.216 e. The van der Waals surface area contributed by atoms with Gasteiger partial charge in [-0.3, -0.25) is 9.59 Å². The zero-order valence-corrected chi connectivity index (χ0v) is 6.44. The number of nitrogens with one attached hydrogen (secondary N) is 1. The maximum atomic E-state index is 10.6. The Bertz CT molecular complexity index is 132. The summed E-state index contributed by atoms with van der Waals surface area (Å²) in [5.41, 5.74) is 0. The fraction of sp³-hybridized carbons (Fsp3) is 0.714.